The van der Waals surface area contributed by atoms with Crippen LogP contribution in [0.1, 0.15) is 35.9 Å². The molecule has 2 aliphatic carbocycles. The molecule has 0 aliphatic heterocycles. The standard InChI is InChI=1S/C16H17N3O/c20-16-15(17-7-8-19(16)13-5-6-13)18-10-12-9-11-3-1-2-4-14(11)12/h1-4,7-8,12-13H,5-6,9-10H2,(H,17,18). The van der Waals surface area contributed by atoms with Crippen LogP contribution in [0, 0.1) is 0 Å². The molecular formula is C16H17N3O. The van der Waals surface area contributed by atoms with Crippen LogP contribution in [0.25, 0.3) is 0 Å². The van der Waals surface area contributed by atoms with E-state index in [9.17, 15) is 4.79 Å². The highest BCUT2D eigenvalue weighted by molar-refractivity contribution is 5.42. The van der Waals surface area contributed by atoms with Crippen LogP contribution < -0.4 is 10.9 Å². The highest BCUT2D eigenvalue weighted by Gasteiger charge is 2.27. The molecule has 20 heavy (non-hydrogen) atoms. The van der Waals surface area contributed by atoms with Gasteiger partial charge in [0.25, 0.3) is 5.56 Å². The normalized spacial score (nSPS) is 20.1. The summed E-state index contributed by atoms with van der Waals surface area (Å²) in [7, 11) is 0. The summed E-state index contributed by atoms with van der Waals surface area (Å²) in [5.41, 5.74) is 2.84. The third-order valence-electron chi connectivity index (χ3n) is 4.29. The first-order valence-corrected chi connectivity index (χ1v) is 7.22. The van der Waals surface area contributed by atoms with E-state index in [0.717, 1.165) is 25.8 Å². The van der Waals surface area contributed by atoms with Gasteiger partial charge >= 0.3 is 0 Å². The molecule has 2 aromatic rings. The smallest absolute Gasteiger partial charge is 0.293 e. The first-order chi connectivity index (χ1) is 9.83. The Labute approximate surface area is 117 Å². The molecule has 2 aliphatic rings. The Bertz CT molecular complexity index is 703. The molecule has 1 aromatic carbocycles. The Hall–Kier alpha value is -2.10. The zero-order chi connectivity index (χ0) is 13.5. The lowest BCUT2D eigenvalue weighted by atomic mass is 9.78. The van der Waals surface area contributed by atoms with Gasteiger partial charge in [-0.3, -0.25) is 4.79 Å². The van der Waals surface area contributed by atoms with Gasteiger partial charge in [-0.2, -0.15) is 0 Å². The number of hydrogen-bond donors (Lipinski definition) is 1. The van der Waals surface area contributed by atoms with Crippen molar-refractivity contribution in [2.24, 2.45) is 0 Å². The fraction of sp³-hybridized carbons (Fsp3) is 0.375. The highest BCUT2D eigenvalue weighted by Crippen LogP contribution is 2.35. The summed E-state index contributed by atoms with van der Waals surface area (Å²) in [5, 5.41) is 3.23. The van der Waals surface area contributed by atoms with Crippen molar-refractivity contribution in [3.63, 3.8) is 0 Å². The van der Waals surface area contributed by atoms with Gasteiger partial charge in [0.05, 0.1) is 0 Å². The monoisotopic (exact) mass is 267 g/mol. The summed E-state index contributed by atoms with van der Waals surface area (Å²) < 4.78 is 1.81. The van der Waals surface area contributed by atoms with Crippen molar-refractivity contribution in [3.8, 4) is 0 Å². The first kappa shape index (κ1) is 11.7. The minimum atomic E-state index is 0.0163. The summed E-state index contributed by atoms with van der Waals surface area (Å²) in [6, 6.07) is 8.90. The minimum Gasteiger partial charge on any atom is -0.365 e. The zero-order valence-electron chi connectivity index (χ0n) is 11.2. The number of anilines is 1. The number of nitrogens with one attached hydrogen (secondary N) is 1. The lowest BCUT2D eigenvalue weighted by molar-refractivity contribution is 0.631. The van der Waals surface area contributed by atoms with E-state index < -0.39 is 0 Å². The quantitative estimate of drug-likeness (QED) is 0.925. The van der Waals surface area contributed by atoms with Gasteiger partial charge in [0.15, 0.2) is 5.82 Å². The van der Waals surface area contributed by atoms with Crippen molar-refractivity contribution in [1.29, 1.82) is 0 Å². The molecule has 1 heterocycles. The van der Waals surface area contributed by atoms with Gasteiger partial charge in [0.2, 0.25) is 0 Å². The van der Waals surface area contributed by atoms with Crippen LogP contribution in [0.2, 0.25) is 0 Å². The predicted octanol–water partition coefficient (Wildman–Crippen LogP) is 2.33. The average Bonchev–Trinajstić information content (AvgIpc) is 3.26. The maximum atomic E-state index is 12.3. The zero-order valence-corrected chi connectivity index (χ0v) is 11.2. The number of rotatable bonds is 4. The van der Waals surface area contributed by atoms with Crippen molar-refractivity contribution in [2.75, 3.05) is 11.9 Å². The van der Waals surface area contributed by atoms with E-state index in [4.69, 9.17) is 0 Å². The molecule has 4 nitrogen and oxygen atoms in total. The Kier molecular flexibility index (Phi) is 2.62. The second kappa shape index (κ2) is 4.47. The topological polar surface area (TPSA) is 46.9 Å². The molecule has 1 unspecified atom stereocenters. The molecule has 0 saturated heterocycles. The van der Waals surface area contributed by atoms with E-state index in [1.165, 1.54) is 11.1 Å². The van der Waals surface area contributed by atoms with Gasteiger partial charge < -0.3 is 9.88 Å². The van der Waals surface area contributed by atoms with Crippen molar-refractivity contribution in [1.82, 2.24) is 9.55 Å². The third-order valence-corrected chi connectivity index (χ3v) is 4.29. The van der Waals surface area contributed by atoms with E-state index in [2.05, 4.69) is 34.6 Å². The van der Waals surface area contributed by atoms with E-state index in [0.29, 0.717) is 17.8 Å². The van der Waals surface area contributed by atoms with Crippen molar-refractivity contribution in [3.05, 3.63) is 58.1 Å². The van der Waals surface area contributed by atoms with Crippen LogP contribution in [0.4, 0.5) is 5.82 Å². The molecule has 4 rings (SSSR count). The first-order valence-electron chi connectivity index (χ1n) is 7.22. The van der Waals surface area contributed by atoms with E-state index in [1.54, 1.807) is 12.4 Å². The van der Waals surface area contributed by atoms with Gasteiger partial charge in [-0.05, 0) is 30.4 Å². The van der Waals surface area contributed by atoms with Crippen LogP contribution in [0.3, 0.4) is 0 Å². The van der Waals surface area contributed by atoms with Crippen LogP contribution in [-0.2, 0) is 6.42 Å². The largest absolute Gasteiger partial charge is 0.365 e. The minimum absolute atomic E-state index is 0.0163. The van der Waals surface area contributed by atoms with E-state index in [-0.39, 0.29) is 5.56 Å². The van der Waals surface area contributed by atoms with E-state index in [1.807, 2.05) is 4.57 Å². The van der Waals surface area contributed by atoms with Gasteiger partial charge in [-0.15, -0.1) is 0 Å². The SMILES string of the molecule is O=c1c(NCC2Cc3ccccc32)nccn1C1CC1. The van der Waals surface area contributed by atoms with Crippen LogP contribution in [0.15, 0.2) is 41.5 Å². The molecule has 1 atom stereocenters. The number of benzene rings is 1. The third kappa shape index (κ3) is 1.92. The van der Waals surface area contributed by atoms with Gasteiger partial charge in [-0.1, -0.05) is 24.3 Å². The summed E-state index contributed by atoms with van der Waals surface area (Å²) in [6.07, 6.45) is 6.83. The lowest BCUT2D eigenvalue weighted by Gasteiger charge is -2.30. The summed E-state index contributed by atoms with van der Waals surface area (Å²) in [5.74, 6) is 0.991. The second-order valence-corrected chi connectivity index (χ2v) is 5.70. The number of nitrogens with zero attached hydrogens (tertiary/aromatic N) is 2. The van der Waals surface area contributed by atoms with Crippen molar-refractivity contribution in [2.45, 2.75) is 31.2 Å². The maximum absolute atomic E-state index is 12.3. The molecule has 1 N–H and O–H groups in total. The van der Waals surface area contributed by atoms with Crippen LogP contribution in [0.5, 0.6) is 0 Å². The molecule has 0 bridgehead atoms. The molecule has 4 heteroatoms. The molecular weight excluding hydrogens is 250 g/mol. The number of hydrogen-bond acceptors (Lipinski definition) is 3. The van der Waals surface area contributed by atoms with E-state index >= 15 is 0 Å². The fourth-order valence-corrected chi connectivity index (χ4v) is 2.95. The summed E-state index contributed by atoms with van der Waals surface area (Å²) in [6.45, 7) is 0.786. The molecule has 1 saturated carbocycles. The highest BCUT2D eigenvalue weighted by atomic mass is 16.1. The molecule has 0 radical (unpaired) electrons. The molecule has 0 amide bonds. The van der Waals surface area contributed by atoms with Crippen molar-refractivity contribution < 1.29 is 0 Å². The molecule has 1 fully saturated rings. The molecule has 1 aromatic heterocycles. The predicted molar refractivity (Wildman–Crippen MR) is 78.1 cm³/mol. The second-order valence-electron chi connectivity index (χ2n) is 5.70. The van der Waals surface area contributed by atoms with Gasteiger partial charge in [-0.25, -0.2) is 4.98 Å². The number of aromatic nitrogens is 2. The summed E-state index contributed by atoms with van der Waals surface area (Å²) >= 11 is 0. The fourth-order valence-electron chi connectivity index (χ4n) is 2.95. The summed E-state index contributed by atoms with van der Waals surface area (Å²) in [4.78, 5) is 16.4. The Morgan fingerprint density at radius 1 is 1.30 bits per heavy atom. The van der Waals surface area contributed by atoms with Gasteiger partial charge in [0.1, 0.15) is 0 Å². The molecule has 102 valence electrons. The Balaban J connectivity index is 1.48. The maximum Gasteiger partial charge on any atom is 0.293 e. The number of fused-ring (bicyclic) bond motifs is 1. The van der Waals surface area contributed by atoms with Crippen LogP contribution >= 0.6 is 0 Å². The Morgan fingerprint density at radius 3 is 2.95 bits per heavy atom. The van der Waals surface area contributed by atoms with Gasteiger partial charge in [0, 0.05) is 30.9 Å². The van der Waals surface area contributed by atoms with Crippen molar-refractivity contribution >= 4 is 5.82 Å². The van der Waals surface area contributed by atoms with Crippen LogP contribution in [-0.4, -0.2) is 16.1 Å². The average molecular weight is 267 g/mol. The Morgan fingerprint density at radius 2 is 2.15 bits per heavy atom. The molecule has 0 spiro atoms. The lowest BCUT2D eigenvalue weighted by Crippen LogP contribution is -2.29.